The number of carbonyl (C=O) groups is 1. The lowest BCUT2D eigenvalue weighted by molar-refractivity contribution is 0.0858. The summed E-state index contributed by atoms with van der Waals surface area (Å²) in [5.74, 6) is -0.137. The number of rotatable bonds is 5. The number of hydrogen-bond acceptors (Lipinski definition) is 3. The summed E-state index contributed by atoms with van der Waals surface area (Å²) < 4.78 is 5.55. The lowest BCUT2D eigenvalue weighted by Gasteiger charge is -2.15. The van der Waals surface area contributed by atoms with Crippen molar-refractivity contribution < 1.29 is 9.53 Å². The highest BCUT2D eigenvalue weighted by Crippen LogP contribution is 2.17. The molecule has 1 saturated heterocycles. The first kappa shape index (κ1) is 18.4. The van der Waals surface area contributed by atoms with Crippen molar-refractivity contribution in [2.24, 2.45) is 0 Å². The molecule has 1 aliphatic rings. The molecule has 26 heavy (non-hydrogen) atoms. The highest BCUT2D eigenvalue weighted by atomic mass is 32.1. The van der Waals surface area contributed by atoms with Crippen LogP contribution in [0.1, 0.15) is 28.8 Å². The molecule has 3 rings (SSSR count). The number of thiocarbonyl (C=S) groups is 1. The standard InChI is InChI=1S/C20H23N3O2S/c1-14-8-10-15(11-9-14)22-20(26)23-18-7-3-2-6-17(18)19(24)21-13-16-5-4-12-25-16/h2-3,6-11,16H,4-5,12-13H2,1H3,(H,21,24)(H2,22,23,26). The maximum Gasteiger partial charge on any atom is 0.253 e. The zero-order valence-electron chi connectivity index (χ0n) is 14.7. The Morgan fingerprint density at radius 1 is 1.15 bits per heavy atom. The Kier molecular flexibility index (Phi) is 6.20. The van der Waals surface area contributed by atoms with Gasteiger partial charge in [-0.2, -0.15) is 0 Å². The van der Waals surface area contributed by atoms with E-state index in [2.05, 4.69) is 16.0 Å². The maximum absolute atomic E-state index is 12.5. The number of para-hydroxylation sites is 1. The minimum Gasteiger partial charge on any atom is -0.376 e. The van der Waals surface area contributed by atoms with Gasteiger partial charge in [-0.15, -0.1) is 0 Å². The zero-order valence-corrected chi connectivity index (χ0v) is 15.6. The molecule has 1 aliphatic heterocycles. The van der Waals surface area contributed by atoms with Crippen LogP contribution >= 0.6 is 12.2 Å². The largest absolute Gasteiger partial charge is 0.376 e. The third-order valence-corrected chi connectivity index (χ3v) is 4.45. The Labute approximate surface area is 159 Å². The summed E-state index contributed by atoms with van der Waals surface area (Å²) in [4.78, 5) is 12.5. The first-order chi connectivity index (χ1) is 12.6. The van der Waals surface area contributed by atoms with E-state index in [1.165, 1.54) is 5.56 Å². The van der Waals surface area contributed by atoms with E-state index < -0.39 is 0 Å². The smallest absolute Gasteiger partial charge is 0.253 e. The van der Waals surface area contributed by atoms with Crippen LogP contribution in [0.25, 0.3) is 0 Å². The first-order valence-corrected chi connectivity index (χ1v) is 9.16. The molecule has 2 aromatic carbocycles. The highest BCUT2D eigenvalue weighted by Gasteiger charge is 2.18. The van der Waals surface area contributed by atoms with Gasteiger partial charge in [-0.05, 0) is 56.2 Å². The number of carbonyl (C=O) groups excluding carboxylic acids is 1. The highest BCUT2D eigenvalue weighted by molar-refractivity contribution is 7.80. The van der Waals surface area contributed by atoms with Gasteiger partial charge in [0.05, 0.1) is 17.4 Å². The summed E-state index contributed by atoms with van der Waals surface area (Å²) in [7, 11) is 0. The van der Waals surface area contributed by atoms with Crippen LogP contribution in [-0.2, 0) is 4.74 Å². The molecule has 5 nitrogen and oxygen atoms in total. The molecule has 0 saturated carbocycles. The molecule has 3 N–H and O–H groups in total. The minimum absolute atomic E-state index is 0.114. The number of nitrogens with one attached hydrogen (secondary N) is 3. The molecule has 0 spiro atoms. The van der Waals surface area contributed by atoms with Crippen molar-refractivity contribution in [2.45, 2.75) is 25.9 Å². The zero-order chi connectivity index (χ0) is 18.4. The second-order valence-electron chi connectivity index (χ2n) is 6.34. The topological polar surface area (TPSA) is 62.4 Å². The lowest BCUT2D eigenvalue weighted by atomic mass is 10.1. The average molecular weight is 369 g/mol. The maximum atomic E-state index is 12.5. The van der Waals surface area contributed by atoms with Gasteiger partial charge in [0.2, 0.25) is 0 Å². The van der Waals surface area contributed by atoms with Gasteiger partial charge in [0.15, 0.2) is 5.11 Å². The molecule has 0 aliphatic carbocycles. The molecule has 0 radical (unpaired) electrons. The predicted molar refractivity (Wildman–Crippen MR) is 109 cm³/mol. The van der Waals surface area contributed by atoms with Crippen LogP contribution in [0.2, 0.25) is 0 Å². The molecule has 1 fully saturated rings. The van der Waals surface area contributed by atoms with Crippen molar-refractivity contribution in [3.63, 3.8) is 0 Å². The van der Waals surface area contributed by atoms with Crippen molar-refractivity contribution in [2.75, 3.05) is 23.8 Å². The quantitative estimate of drug-likeness (QED) is 0.701. The molecule has 6 heteroatoms. The Bertz CT molecular complexity index is 771. The normalized spacial score (nSPS) is 16.1. The van der Waals surface area contributed by atoms with Crippen LogP contribution in [0, 0.1) is 6.92 Å². The van der Waals surface area contributed by atoms with E-state index in [4.69, 9.17) is 17.0 Å². The molecule has 1 amide bonds. The van der Waals surface area contributed by atoms with Gasteiger partial charge in [0, 0.05) is 18.8 Å². The third-order valence-electron chi connectivity index (χ3n) is 4.24. The Hall–Kier alpha value is -2.44. The first-order valence-electron chi connectivity index (χ1n) is 8.75. The van der Waals surface area contributed by atoms with Gasteiger partial charge in [0.25, 0.3) is 5.91 Å². The molecule has 1 atom stereocenters. The van der Waals surface area contributed by atoms with Crippen LogP contribution in [0.5, 0.6) is 0 Å². The molecular weight excluding hydrogens is 346 g/mol. The number of aryl methyl sites for hydroxylation is 1. The van der Waals surface area contributed by atoms with Crippen molar-refractivity contribution in [3.05, 3.63) is 59.7 Å². The molecule has 136 valence electrons. The molecule has 1 unspecified atom stereocenters. The van der Waals surface area contributed by atoms with Gasteiger partial charge < -0.3 is 20.7 Å². The number of ether oxygens (including phenoxy) is 1. The van der Waals surface area contributed by atoms with E-state index >= 15 is 0 Å². The summed E-state index contributed by atoms with van der Waals surface area (Å²) >= 11 is 5.38. The van der Waals surface area contributed by atoms with Gasteiger partial charge >= 0.3 is 0 Å². The van der Waals surface area contributed by atoms with Gasteiger partial charge in [0.1, 0.15) is 0 Å². The summed E-state index contributed by atoms with van der Waals surface area (Å²) in [5.41, 5.74) is 3.30. The van der Waals surface area contributed by atoms with E-state index in [1.54, 1.807) is 6.07 Å². The third kappa shape index (κ3) is 5.03. The van der Waals surface area contributed by atoms with Crippen LogP contribution in [0.3, 0.4) is 0 Å². The Morgan fingerprint density at radius 2 is 1.92 bits per heavy atom. The van der Waals surface area contributed by atoms with Crippen molar-refractivity contribution in [1.29, 1.82) is 0 Å². The lowest BCUT2D eigenvalue weighted by Crippen LogP contribution is -2.32. The van der Waals surface area contributed by atoms with Gasteiger partial charge in [-0.25, -0.2) is 0 Å². The average Bonchev–Trinajstić information content (AvgIpc) is 3.16. The minimum atomic E-state index is -0.137. The van der Waals surface area contributed by atoms with Gasteiger partial charge in [-0.1, -0.05) is 29.8 Å². The number of benzene rings is 2. The van der Waals surface area contributed by atoms with Crippen LogP contribution in [0.4, 0.5) is 11.4 Å². The summed E-state index contributed by atoms with van der Waals surface area (Å²) in [5, 5.41) is 9.62. The van der Waals surface area contributed by atoms with Crippen molar-refractivity contribution in [1.82, 2.24) is 5.32 Å². The molecule has 1 heterocycles. The summed E-state index contributed by atoms with van der Waals surface area (Å²) in [6, 6.07) is 15.3. The monoisotopic (exact) mass is 369 g/mol. The van der Waals surface area contributed by atoms with E-state index in [0.29, 0.717) is 22.9 Å². The molecule has 0 bridgehead atoms. The fraction of sp³-hybridized carbons (Fsp3) is 0.300. The predicted octanol–water partition coefficient (Wildman–Crippen LogP) is 3.71. The van der Waals surface area contributed by atoms with Crippen LogP contribution in [-0.4, -0.2) is 30.3 Å². The fourth-order valence-electron chi connectivity index (χ4n) is 2.82. The summed E-state index contributed by atoms with van der Waals surface area (Å²) in [6.07, 6.45) is 2.16. The van der Waals surface area contributed by atoms with Crippen molar-refractivity contribution >= 4 is 34.6 Å². The van der Waals surface area contributed by atoms with E-state index in [1.807, 2.05) is 49.4 Å². The second kappa shape index (κ2) is 8.78. The van der Waals surface area contributed by atoms with Crippen LogP contribution < -0.4 is 16.0 Å². The van der Waals surface area contributed by atoms with E-state index in [-0.39, 0.29) is 12.0 Å². The van der Waals surface area contributed by atoms with Gasteiger partial charge in [-0.3, -0.25) is 4.79 Å². The number of hydrogen-bond donors (Lipinski definition) is 3. The fourth-order valence-corrected chi connectivity index (χ4v) is 3.05. The van der Waals surface area contributed by atoms with Crippen LogP contribution in [0.15, 0.2) is 48.5 Å². The Morgan fingerprint density at radius 3 is 2.65 bits per heavy atom. The SMILES string of the molecule is Cc1ccc(NC(=S)Nc2ccccc2C(=O)NCC2CCCO2)cc1. The molecule has 0 aromatic heterocycles. The van der Waals surface area contributed by atoms with E-state index in [9.17, 15) is 4.79 Å². The number of amides is 1. The summed E-state index contributed by atoms with van der Waals surface area (Å²) in [6.45, 7) is 3.34. The van der Waals surface area contributed by atoms with Crippen molar-refractivity contribution in [3.8, 4) is 0 Å². The van der Waals surface area contributed by atoms with E-state index in [0.717, 1.165) is 25.1 Å². The second-order valence-corrected chi connectivity index (χ2v) is 6.74. The number of anilines is 2. The molecule has 2 aromatic rings. The Balaban J connectivity index is 1.61. The molecular formula is C20H23N3O2S.